The number of carbonyl (C=O) groups excluding carboxylic acids is 1. The van der Waals surface area contributed by atoms with Gasteiger partial charge in [0, 0.05) is 20.3 Å². The molecule has 1 saturated carbocycles. The van der Waals surface area contributed by atoms with Crippen molar-refractivity contribution in [2.75, 3.05) is 24.3 Å². The van der Waals surface area contributed by atoms with E-state index in [0.717, 1.165) is 18.5 Å². The second-order valence-electron chi connectivity index (χ2n) is 8.33. The predicted molar refractivity (Wildman–Crippen MR) is 109 cm³/mol. The lowest BCUT2D eigenvalue weighted by Gasteiger charge is -2.38. The van der Waals surface area contributed by atoms with E-state index in [1.807, 2.05) is 19.0 Å². The van der Waals surface area contributed by atoms with E-state index in [1.165, 1.54) is 16.9 Å². The zero-order chi connectivity index (χ0) is 21.6. The molecule has 0 aromatic carbocycles. The van der Waals surface area contributed by atoms with E-state index in [9.17, 15) is 13.6 Å². The molecule has 1 fully saturated rings. The molecule has 3 aromatic rings. The number of rotatable bonds is 6. The first-order chi connectivity index (χ1) is 14.2. The number of amides is 1. The zero-order valence-electron chi connectivity index (χ0n) is 17.4. The van der Waals surface area contributed by atoms with Crippen molar-refractivity contribution in [3.63, 3.8) is 0 Å². The molecule has 1 aliphatic rings. The summed E-state index contributed by atoms with van der Waals surface area (Å²) in [6, 6.07) is 0.0867. The van der Waals surface area contributed by atoms with Crippen LogP contribution in [-0.4, -0.2) is 44.4 Å². The van der Waals surface area contributed by atoms with Gasteiger partial charge in [0.25, 0.3) is 12.3 Å². The van der Waals surface area contributed by atoms with Crippen molar-refractivity contribution in [1.82, 2.24) is 24.4 Å². The highest BCUT2D eigenvalue weighted by molar-refractivity contribution is 6.08. The lowest BCUT2D eigenvalue weighted by Crippen LogP contribution is -2.30. The molecule has 10 heteroatoms. The van der Waals surface area contributed by atoms with Gasteiger partial charge in [-0.15, -0.1) is 0 Å². The number of nitrogens with zero attached hydrogens (tertiary/aromatic N) is 6. The summed E-state index contributed by atoms with van der Waals surface area (Å²) in [5, 5.41) is 10.8. The third-order valence-electron chi connectivity index (χ3n) is 5.79. The lowest BCUT2D eigenvalue weighted by atomic mass is 9.74. The number of alkyl halides is 2. The molecule has 0 unspecified atom stereocenters. The van der Waals surface area contributed by atoms with Crippen LogP contribution in [0.1, 0.15) is 55.2 Å². The molecule has 0 saturated heterocycles. The molecule has 0 aliphatic heterocycles. The molecule has 1 aliphatic carbocycles. The van der Waals surface area contributed by atoms with Gasteiger partial charge < -0.3 is 10.2 Å². The molecule has 160 valence electrons. The SMILES string of the molecule is CC(C)C1CC(n2cc(NC(=O)c3cnn4cc(N(C)C)cnc34)c(C(F)F)n2)C1. The van der Waals surface area contributed by atoms with E-state index in [1.54, 1.807) is 17.1 Å². The van der Waals surface area contributed by atoms with Crippen LogP contribution in [0, 0.1) is 11.8 Å². The van der Waals surface area contributed by atoms with Crippen molar-refractivity contribution in [2.45, 2.75) is 39.2 Å². The zero-order valence-corrected chi connectivity index (χ0v) is 17.4. The number of aromatic nitrogens is 5. The Bertz CT molecular complexity index is 1070. The van der Waals surface area contributed by atoms with Gasteiger partial charge in [0.2, 0.25) is 0 Å². The fourth-order valence-corrected chi connectivity index (χ4v) is 3.69. The monoisotopic (exact) mass is 417 g/mol. The third-order valence-corrected chi connectivity index (χ3v) is 5.79. The van der Waals surface area contributed by atoms with E-state index in [2.05, 4.69) is 34.3 Å². The number of hydrogen-bond donors (Lipinski definition) is 1. The summed E-state index contributed by atoms with van der Waals surface area (Å²) in [4.78, 5) is 18.9. The van der Waals surface area contributed by atoms with Crippen LogP contribution in [0.25, 0.3) is 5.65 Å². The normalized spacial score (nSPS) is 18.8. The summed E-state index contributed by atoms with van der Waals surface area (Å²) in [5.74, 6) is 0.580. The van der Waals surface area contributed by atoms with Crippen LogP contribution in [0.15, 0.2) is 24.8 Å². The summed E-state index contributed by atoms with van der Waals surface area (Å²) in [6.45, 7) is 4.32. The average molecular weight is 417 g/mol. The highest BCUT2D eigenvalue weighted by atomic mass is 19.3. The van der Waals surface area contributed by atoms with Gasteiger partial charge in [-0.3, -0.25) is 9.48 Å². The Kier molecular flexibility index (Phi) is 5.17. The summed E-state index contributed by atoms with van der Waals surface area (Å²) in [5.41, 5.74) is 0.974. The molecule has 3 aromatic heterocycles. The molecular formula is C20H25F2N7O. The maximum atomic E-state index is 13.5. The van der Waals surface area contributed by atoms with Crippen LogP contribution in [0.3, 0.4) is 0 Å². The van der Waals surface area contributed by atoms with Crippen LogP contribution in [0.4, 0.5) is 20.2 Å². The van der Waals surface area contributed by atoms with Crippen LogP contribution in [0.2, 0.25) is 0 Å². The fraction of sp³-hybridized carbons (Fsp3) is 0.500. The Morgan fingerprint density at radius 1 is 1.23 bits per heavy atom. The van der Waals surface area contributed by atoms with Gasteiger partial charge in [0.05, 0.1) is 36.0 Å². The van der Waals surface area contributed by atoms with E-state index in [4.69, 9.17) is 0 Å². The Morgan fingerprint density at radius 3 is 2.60 bits per heavy atom. The quantitative estimate of drug-likeness (QED) is 0.660. The molecule has 0 bridgehead atoms. The van der Waals surface area contributed by atoms with Gasteiger partial charge in [-0.1, -0.05) is 13.8 Å². The van der Waals surface area contributed by atoms with Crippen LogP contribution < -0.4 is 10.2 Å². The summed E-state index contributed by atoms with van der Waals surface area (Å²) in [6.07, 6.45) is 5.27. The second kappa shape index (κ2) is 7.66. The number of fused-ring (bicyclic) bond motifs is 1. The number of nitrogens with one attached hydrogen (secondary N) is 1. The van der Waals surface area contributed by atoms with E-state index < -0.39 is 18.0 Å². The molecular weight excluding hydrogens is 392 g/mol. The van der Waals surface area contributed by atoms with Gasteiger partial charge in [-0.2, -0.15) is 10.2 Å². The fourth-order valence-electron chi connectivity index (χ4n) is 3.69. The lowest BCUT2D eigenvalue weighted by molar-refractivity contribution is 0.102. The molecule has 4 rings (SSSR count). The number of halogens is 2. The highest BCUT2D eigenvalue weighted by Crippen LogP contribution is 2.42. The second-order valence-corrected chi connectivity index (χ2v) is 8.33. The van der Waals surface area contributed by atoms with E-state index >= 15 is 0 Å². The first-order valence-electron chi connectivity index (χ1n) is 9.93. The number of hydrogen-bond acceptors (Lipinski definition) is 5. The van der Waals surface area contributed by atoms with Gasteiger partial charge in [-0.25, -0.2) is 18.3 Å². The summed E-state index contributed by atoms with van der Waals surface area (Å²) >= 11 is 0. The Balaban J connectivity index is 1.56. The first kappa shape index (κ1) is 20.2. The Morgan fingerprint density at radius 2 is 1.97 bits per heavy atom. The molecule has 3 heterocycles. The highest BCUT2D eigenvalue weighted by Gasteiger charge is 2.34. The predicted octanol–water partition coefficient (Wildman–Crippen LogP) is 3.79. The van der Waals surface area contributed by atoms with E-state index in [-0.39, 0.29) is 17.3 Å². The molecule has 0 atom stereocenters. The average Bonchev–Trinajstić information content (AvgIpc) is 3.23. The van der Waals surface area contributed by atoms with Crippen LogP contribution in [-0.2, 0) is 0 Å². The maximum absolute atomic E-state index is 13.5. The Labute approximate surface area is 172 Å². The summed E-state index contributed by atoms with van der Waals surface area (Å²) < 4.78 is 30.1. The molecule has 1 amide bonds. The number of anilines is 2. The first-order valence-corrected chi connectivity index (χ1v) is 9.93. The van der Waals surface area contributed by atoms with Gasteiger partial charge in [0.1, 0.15) is 5.56 Å². The van der Waals surface area contributed by atoms with Gasteiger partial charge >= 0.3 is 0 Å². The van der Waals surface area contributed by atoms with Crippen molar-refractivity contribution >= 4 is 22.9 Å². The van der Waals surface area contributed by atoms with Crippen LogP contribution in [0.5, 0.6) is 0 Å². The van der Waals surface area contributed by atoms with Crippen molar-refractivity contribution in [1.29, 1.82) is 0 Å². The minimum atomic E-state index is -2.78. The molecule has 30 heavy (non-hydrogen) atoms. The largest absolute Gasteiger partial charge is 0.375 e. The van der Waals surface area contributed by atoms with Crippen molar-refractivity contribution in [2.24, 2.45) is 11.8 Å². The maximum Gasteiger partial charge on any atom is 0.284 e. The van der Waals surface area contributed by atoms with Gasteiger partial charge in [-0.05, 0) is 24.7 Å². The molecule has 0 spiro atoms. The van der Waals surface area contributed by atoms with Gasteiger partial charge in [0.15, 0.2) is 11.3 Å². The van der Waals surface area contributed by atoms with Crippen molar-refractivity contribution < 1.29 is 13.6 Å². The molecule has 8 nitrogen and oxygen atoms in total. The number of carbonyl (C=O) groups is 1. The van der Waals surface area contributed by atoms with Crippen molar-refractivity contribution in [3.8, 4) is 0 Å². The standard InChI is InChI=1S/C20H25F2N7O/c1-11(2)12-5-13(6-12)28-10-16(17(26-28)18(21)22)25-20(30)15-8-24-29-9-14(27(3)4)7-23-19(15)29/h7-13,18H,5-6H2,1-4H3,(H,25,30). The smallest absolute Gasteiger partial charge is 0.284 e. The van der Waals surface area contributed by atoms with E-state index in [0.29, 0.717) is 17.5 Å². The topological polar surface area (TPSA) is 80.4 Å². The summed E-state index contributed by atoms with van der Waals surface area (Å²) in [7, 11) is 3.74. The minimum absolute atomic E-state index is 0.0206. The van der Waals surface area contributed by atoms with Crippen molar-refractivity contribution in [3.05, 3.63) is 36.0 Å². The van der Waals surface area contributed by atoms with Crippen LogP contribution >= 0.6 is 0 Å². The molecule has 1 N–H and O–H groups in total. The minimum Gasteiger partial charge on any atom is -0.375 e. The Hall–Kier alpha value is -3.04. The third kappa shape index (κ3) is 3.61. The molecule has 0 radical (unpaired) electrons.